The molecule has 2 atom stereocenters. The summed E-state index contributed by atoms with van der Waals surface area (Å²) in [5.74, 6) is 1.16. The van der Waals surface area contributed by atoms with Crippen molar-refractivity contribution >= 4 is 5.91 Å². The normalized spacial score (nSPS) is 29.3. The second kappa shape index (κ2) is 5.64. The predicted molar refractivity (Wildman–Crippen MR) is 62.0 cm³/mol. The average molecular weight is 226 g/mol. The smallest absolute Gasteiger partial charge is 0.234 e. The van der Waals surface area contributed by atoms with Gasteiger partial charge in [-0.1, -0.05) is 6.42 Å². The highest BCUT2D eigenvalue weighted by atomic mass is 16.3. The Morgan fingerprint density at radius 2 is 2.06 bits per heavy atom. The minimum Gasteiger partial charge on any atom is -0.396 e. The molecule has 2 saturated carbocycles. The van der Waals surface area contributed by atoms with Crippen LogP contribution in [0.1, 0.15) is 32.1 Å². The molecule has 1 amide bonds. The van der Waals surface area contributed by atoms with Gasteiger partial charge in [0.25, 0.3) is 0 Å². The van der Waals surface area contributed by atoms with E-state index in [2.05, 4.69) is 10.6 Å². The summed E-state index contributed by atoms with van der Waals surface area (Å²) < 4.78 is 0. The van der Waals surface area contributed by atoms with Crippen LogP contribution in [0.5, 0.6) is 0 Å². The van der Waals surface area contributed by atoms with E-state index in [-0.39, 0.29) is 24.5 Å². The van der Waals surface area contributed by atoms with E-state index in [1.165, 1.54) is 12.8 Å². The molecule has 92 valence electrons. The molecule has 0 saturated heterocycles. The van der Waals surface area contributed by atoms with Crippen molar-refractivity contribution in [1.82, 2.24) is 10.6 Å². The predicted octanol–water partition coefficient (Wildman–Crippen LogP) is 0.263. The lowest BCUT2D eigenvalue weighted by atomic mass is 10.1. The maximum absolute atomic E-state index is 11.6. The lowest BCUT2D eigenvalue weighted by Gasteiger charge is -2.19. The van der Waals surface area contributed by atoms with Crippen LogP contribution in [-0.4, -0.2) is 36.8 Å². The van der Waals surface area contributed by atoms with Gasteiger partial charge in [-0.05, 0) is 38.1 Å². The first-order chi connectivity index (χ1) is 7.79. The molecular weight excluding hydrogens is 204 g/mol. The van der Waals surface area contributed by atoms with E-state index in [0.29, 0.717) is 6.54 Å². The first-order valence-corrected chi connectivity index (χ1v) is 6.40. The molecule has 0 aromatic rings. The highest BCUT2D eigenvalue weighted by molar-refractivity contribution is 5.78. The number of carbonyl (C=O) groups is 1. The zero-order valence-corrected chi connectivity index (χ0v) is 9.74. The molecule has 0 bridgehead atoms. The van der Waals surface area contributed by atoms with Crippen molar-refractivity contribution < 1.29 is 9.90 Å². The van der Waals surface area contributed by atoms with Crippen molar-refractivity contribution in [2.75, 3.05) is 19.7 Å². The molecular formula is C12H22N2O2. The first-order valence-electron chi connectivity index (χ1n) is 6.40. The largest absolute Gasteiger partial charge is 0.396 e. The Morgan fingerprint density at radius 3 is 2.75 bits per heavy atom. The summed E-state index contributed by atoms with van der Waals surface area (Å²) >= 11 is 0. The van der Waals surface area contributed by atoms with Crippen molar-refractivity contribution in [2.45, 2.75) is 38.1 Å². The second-order valence-corrected chi connectivity index (χ2v) is 5.12. The topological polar surface area (TPSA) is 61.4 Å². The highest BCUT2D eigenvalue weighted by Crippen LogP contribution is 2.27. The lowest BCUT2D eigenvalue weighted by molar-refractivity contribution is -0.121. The molecule has 2 rings (SSSR count). The van der Waals surface area contributed by atoms with E-state index in [9.17, 15) is 4.79 Å². The van der Waals surface area contributed by atoms with Crippen LogP contribution in [0.3, 0.4) is 0 Å². The summed E-state index contributed by atoms with van der Waals surface area (Å²) in [6, 6.07) is 0.195. The van der Waals surface area contributed by atoms with Crippen LogP contribution in [0.4, 0.5) is 0 Å². The van der Waals surface area contributed by atoms with Gasteiger partial charge in [0, 0.05) is 18.6 Å². The fourth-order valence-corrected chi connectivity index (χ4v) is 2.41. The molecule has 16 heavy (non-hydrogen) atoms. The Hall–Kier alpha value is -0.610. The highest BCUT2D eigenvalue weighted by Gasteiger charge is 2.27. The van der Waals surface area contributed by atoms with Crippen LogP contribution in [0.2, 0.25) is 0 Å². The molecule has 2 aliphatic rings. The third kappa shape index (κ3) is 3.46. The van der Waals surface area contributed by atoms with Crippen LogP contribution >= 0.6 is 0 Å². The van der Waals surface area contributed by atoms with E-state index in [1.807, 2.05) is 0 Å². The maximum Gasteiger partial charge on any atom is 0.234 e. The summed E-state index contributed by atoms with van der Waals surface area (Å²) in [6.07, 6.45) is 5.79. The number of hydrogen-bond acceptors (Lipinski definition) is 3. The van der Waals surface area contributed by atoms with E-state index >= 15 is 0 Å². The maximum atomic E-state index is 11.6. The zero-order chi connectivity index (χ0) is 11.4. The fourth-order valence-electron chi connectivity index (χ4n) is 2.41. The number of hydrogen-bond donors (Lipinski definition) is 3. The Kier molecular flexibility index (Phi) is 4.18. The molecule has 0 aliphatic heterocycles. The zero-order valence-electron chi connectivity index (χ0n) is 9.74. The lowest BCUT2D eigenvalue weighted by Crippen LogP contribution is -2.43. The Balaban J connectivity index is 1.61. The molecule has 2 unspecified atom stereocenters. The van der Waals surface area contributed by atoms with Gasteiger partial charge >= 0.3 is 0 Å². The molecule has 4 nitrogen and oxygen atoms in total. The molecule has 4 heteroatoms. The van der Waals surface area contributed by atoms with Crippen LogP contribution in [0.15, 0.2) is 0 Å². The van der Waals surface area contributed by atoms with Crippen LogP contribution in [-0.2, 0) is 4.79 Å². The van der Waals surface area contributed by atoms with Gasteiger partial charge in [-0.3, -0.25) is 4.79 Å². The molecule has 2 aliphatic carbocycles. The third-order valence-electron chi connectivity index (χ3n) is 3.66. The Bertz CT molecular complexity index is 241. The molecule has 2 fully saturated rings. The van der Waals surface area contributed by atoms with Crippen LogP contribution < -0.4 is 10.6 Å². The third-order valence-corrected chi connectivity index (χ3v) is 3.66. The van der Waals surface area contributed by atoms with Crippen molar-refractivity contribution in [2.24, 2.45) is 11.8 Å². The number of rotatable bonds is 6. The Labute approximate surface area is 96.8 Å². The van der Waals surface area contributed by atoms with Crippen molar-refractivity contribution in [3.8, 4) is 0 Å². The summed E-state index contributed by atoms with van der Waals surface area (Å²) in [6.45, 7) is 1.59. The monoisotopic (exact) mass is 226 g/mol. The van der Waals surface area contributed by atoms with Crippen molar-refractivity contribution in [1.29, 1.82) is 0 Å². The van der Waals surface area contributed by atoms with Gasteiger partial charge in [0.15, 0.2) is 0 Å². The number of nitrogens with one attached hydrogen (secondary N) is 2. The fraction of sp³-hybridized carbons (Fsp3) is 0.917. The molecule has 0 heterocycles. The van der Waals surface area contributed by atoms with E-state index in [1.54, 1.807) is 0 Å². The summed E-state index contributed by atoms with van der Waals surface area (Å²) in [5, 5.41) is 15.3. The van der Waals surface area contributed by atoms with E-state index in [0.717, 1.165) is 31.7 Å². The summed E-state index contributed by atoms with van der Waals surface area (Å²) in [5.41, 5.74) is 0. The molecule has 0 aromatic heterocycles. The minimum atomic E-state index is 0.0750. The summed E-state index contributed by atoms with van der Waals surface area (Å²) in [4.78, 5) is 11.6. The molecule has 3 N–H and O–H groups in total. The number of aliphatic hydroxyl groups excluding tert-OH is 1. The van der Waals surface area contributed by atoms with E-state index in [4.69, 9.17) is 5.11 Å². The van der Waals surface area contributed by atoms with Gasteiger partial charge in [-0.2, -0.15) is 0 Å². The van der Waals surface area contributed by atoms with E-state index < -0.39 is 0 Å². The minimum absolute atomic E-state index is 0.0750. The van der Waals surface area contributed by atoms with Gasteiger partial charge in [-0.25, -0.2) is 0 Å². The quantitative estimate of drug-likeness (QED) is 0.609. The SMILES string of the molecule is O=C(CNCC1CC1)NC1CCCC1CO. The van der Waals surface area contributed by atoms with Gasteiger partial charge in [0.1, 0.15) is 0 Å². The second-order valence-electron chi connectivity index (χ2n) is 5.12. The average Bonchev–Trinajstić information content (AvgIpc) is 2.98. The van der Waals surface area contributed by atoms with Crippen LogP contribution in [0, 0.1) is 11.8 Å². The van der Waals surface area contributed by atoms with Gasteiger partial charge in [0.2, 0.25) is 5.91 Å². The first kappa shape index (κ1) is 11.9. The van der Waals surface area contributed by atoms with Crippen LogP contribution in [0.25, 0.3) is 0 Å². The van der Waals surface area contributed by atoms with Gasteiger partial charge in [0.05, 0.1) is 6.54 Å². The van der Waals surface area contributed by atoms with Gasteiger partial charge in [-0.15, -0.1) is 0 Å². The Morgan fingerprint density at radius 1 is 1.25 bits per heavy atom. The standard InChI is InChI=1S/C12H22N2O2/c15-8-10-2-1-3-11(10)14-12(16)7-13-6-9-4-5-9/h9-11,13,15H,1-8H2,(H,14,16). The summed E-state index contributed by atoms with van der Waals surface area (Å²) in [7, 11) is 0. The van der Waals surface area contributed by atoms with Crippen molar-refractivity contribution in [3.63, 3.8) is 0 Å². The number of carbonyl (C=O) groups excluding carboxylic acids is 1. The van der Waals surface area contributed by atoms with Crippen molar-refractivity contribution in [3.05, 3.63) is 0 Å². The van der Waals surface area contributed by atoms with Gasteiger partial charge < -0.3 is 15.7 Å². The molecule has 0 radical (unpaired) electrons. The molecule has 0 spiro atoms. The molecule has 0 aromatic carbocycles. The number of amides is 1. The number of aliphatic hydroxyl groups is 1.